The summed E-state index contributed by atoms with van der Waals surface area (Å²) in [5.41, 5.74) is 4.47. The molecule has 3 aromatic rings. The molecule has 1 atom stereocenters. The molecule has 28 heavy (non-hydrogen) atoms. The third-order valence-electron chi connectivity index (χ3n) is 5.35. The maximum Gasteiger partial charge on any atom is 0.298 e. The zero-order chi connectivity index (χ0) is 19.7. The highest BCUT2D eigenvalue weighted by molar-refractivity contribution is 6.31. The molecule has 0 radical (unpaired) electrons. The van der Waals surface area contributed by atoms with Crippen LogP contribution in [0.5, 0.6) is 0 Å². The van der Waals surface area contributed by atoms with Crippen molar-refractivity contribution in [1.82, 2.24) is 20.5 Å². The average molecular weight is 402 g/mol. The van der Waals surface area contributed by atoms with Crippen molar-refractivity contribution in [2.24, 2.45) is 5.92 Å². The van der Waals surface area contributed by atoms with Crippen LogP contribution in [0.4, 0.5) is 6.01 Å². The van der Waals surface area contributed by atoms with Crippen LogP contribution in [-0.4, -0.2) is 34.2 Å². The quantitative estimate of drug-likeness (QED) is 0.680. The Hall–Kier alpha value is -2.54. The van der Waals surface area contributed by atoms with Crippen LogP contribution in [0.15, 0.2) is 22.6 Å². The lowest BCUT2D eigenvalue weighted by Crippen LogP contribution is -2.38. The molecule has 2 N–H and O–H groups in total. The second-order valence-corrected chi connectivity index (χ2v) is 7.89. The minimum Gasteiger partial charge on any atom is -0.423 e. The maximum absolute atomic E-state index is 12.4. The molecule has 1 aromatic carbocycles. The van der Waals surface area contributed by atoms with Gasteiger partial charge in [0, 0.05) is 48.4 Å². The van der Waals surface area contributed by atoms with E-state index in [-0.39, 0.29) is 11.8 Å². The lowest BCUT2D eigenvalue weighted by molar-refractivity contribution is -0.122. The van der Waals surface area contributed by atoms with Crippen LogP contribution in [-0.2, 0) is 11.3 Å². The van der Waals surface area contributed by atoms with Gasteiger partial charge in [0.1, 0.15) is 5.52 Å². The molecule has 0 aliphatic carbocycles. The van der Waals surface area contributed by atoms with Crippen molar-refractivity contribution in [1.29, 1.82) is 0 Å². The zero-order valence-electron chi connectivity index (χ0n) is 16.1. The molecule has 0 bridgehead atoms. The molecule has 1 fully saturated rings. The smallest absolute Gasteiger partial charge is 0.298 e. The first-order valence-corrected chi connectivity index (χ1v) is 9.95. The predicted octanol–water partition coefficient (Wildman–Crippen LogP) is 3.74. The molecule has 148 valence electrons. The molecule has 0 saturated carbocycles. The number of benzene rings is 1. The highest BCUT2D eigenvalue weighted by atomic mass is 35.5. The van der Waals surface area contributed by atoms with Crippen molar-refractivity contribution in [2.75, 3.05) is 18.0 Å². The molecular formula is C20H24ClN5O2. The molecule has 1 aliphatic rings. The fourth-order valence-corrected chi connectivity index (χ4v) is 3.94. The second kappa shape index (κ2) is 7.83. The lowest BCUT2D eigenvalue weighted by atomic mass is 9.94. The number of hydrogen-bond donors (Lipinski definition) is 2. The van der Waals surface area contributed by atoms with E-state index in [2.05, 4.69) is 25.4 Å². The van der Waals surface area contributed by atoms with Crippen molar-refractivity contribution in [3.8, 4) is 0 Å². The van der Waals surface area contributed by atoms with Gasteiger partial charge in [-0.1, -0.05) is 11.6 Å². The number of aromatic amines is 1. The van der Waals surface area contributed by atoms with Gasteiger partial charge in [0.05, 0.1) is 5.69 Å². The monoisotopic (exact) mass is 401 g/mol. The molecule has 1 unspecified atom stereocenters. The number of fused-ring (bicyclic) bond motifs is 1. The molecular weight excluding hydrogens is 378 g/mol. The van der Waals surface area contributed by atoms with Crippen LogP contribution in [0.3, 0.4) is 0 Å². The summed E-state index contributed by atoms with van der Waals surface area (Å²) in [5, 5.41) is 10.8. The Kier molecular flexibility index (Phi) is 5.26. The van der Waals surface area contributed by atoms with Gasteiger partial charge in [0.2, 0.25) is 5.91 Å². The fraction of sp³-hybridized carbons (Fsp3) is 0.450. The van der Waals surface area contributed by atoms with Crippen LogP contribution in [0.1, 0.15) is 36.2 Å². The van der Waals surface area contributed by atoms with Gasteiger partial charge in [-0.15, -0.1) is 0 Å². The number of halogens is 1. The minimum absolute atomic E-state index is 0.0659. The number of anilines is 1. The maximum atomic E-state index is 12.4. The van der Waals surface area contributed by atoms with Crippen molar-refractivity contribution in [3.05, 3.63) is 40.2 Å². The standard InChI is InChI=1S/C20H24ClN5O2/c1-12-16(13(2)25-24-12)10-22-19(27)8-14-4-3-7-26(11-14)20-23-17-6-5-15(21)9-18(17)28-20/h5-6,9,14H,3-4,7-8,10-11H2,1-2H3,(H,22,27)(H,24,25). The van der Waals surface area contributed by atoms with E-state index in [0.717, 1.165) is 48.4 Å². The minimum atomic E-state index is 0.0659. The van der Waals surface area contributed by atoms with Gasteiger partial charge in [-0.3, -0.25) is 9.89 Å². The summed E-state index contributed by atoms with van der Waals surface area (Å²) < 4.78 is 5.88. The molecule has 3 heterocycles. The third-order valence-corrected chi connectivity index (χ3v) is 5.58. The number of oxazole rings is 1. The highest BCUT2D eigenvalue weighted by Gasteiger charge is 2.25. The first kappa shape index (κ1) is 18.8. The van der Waals surface area contributed by atoms with E-state index in [9.17, 15) is 4.79 Å². The number of nitrogens with one attached hydrogen (secondary N) is 2. The summed E-state index contributed by atoms with van der Waals surface area (Å²) in [5.74, 6) is 0.343. The Labute approximate surface area is 168 Å². The number of aryl methyl sites for hydroxylation is 2. The Morgan fingerprint density at radius 3 is 3.07 bits per heavy atom. The number of nitrogens with zero attached hydrogens (tertiary/aromatic N) is 3. The summed E-state index contributed by atoms with van der Waals surface area (Å²) in [7, 11) is 0. The van der Waals surface area contributed by atoms with Gasteiger partial charge >= 0.3 is 0 Å². The van der Waals surface area contributed by atoms with Crippen molar-refractivity contribution in [2.45, 2.75) is 39.7 Å². The molecule has 1 amide bonds. The average Bonchev–Trinajstić information content (AvgIpc) is 3.23. The summed E-state index contributed by atoms with van der Waals surface area (Å²) in [6.07, 6.45) is 2.54. The van der Waals surface area contributed by atoms with Gasteiger partial charge in [-0.2, -0.15) is 10.1 Å². The van der Waals surface area contributed by atoms with E-state index in [4.69, 9.17) is 16.0 Å². The summed E-state index contributed by atoms with van der Waals surface area (Å²) in [6.45, 7) is 6.06. The Morgan fingerprint density at radius 2 is 2.29 bits per heavy atom. The topological polar surface area (TPSA) is 87.0 Å². The van der Waals surface area contributed by atoms with Crippen LogP contribution in [0, 0.1) is 19.8 Å². The van der Waals surface area contributed by atoms with Crippen LogP contribution in [0.2, 0.25) is 5.02 Å². The Morgan fingerprint density at radius 1 is 1.43 bits per heavy atom. The van der Waals surface area contributed by atoms with Crippen LogP contribution in [0.25, 0.3) is 11.1 Å². The van der Waals surface area contributed by atoms with E-state index in [1.807, 2.05) is 26.0 Å². The SMILES string of the molecule is Cc1n[nH]c(C)c1CNC(=O)CC1CCCN(c2nc3ccc(Cl)cc3o2)C1. The molecule has 8 heteroatoms. The molecule has 1 aliphatic heterocycles. The van der Waals surface area contributed by atoms with E-state index < -0.39 is 0 Å². The first-order chi connectivity index (χ1) is 13.5. The van der Waals surface area contributed by atoms with Gasteiger partial charge in [0.25, 0.3) is 6.01 Å². The van der Waals surface area contributed by atoms with E-state index >= 15 is 0 Å². The van der Waals surface area contributed by atoms with Crippen molar-refractivity contribution in [3.63, 3.8) is 0 Å². The lowest BCUT2D eigenvalue weighted by Gasteiger charge is -2.31. The number of carbonyl (C=O) groups is 1. The van der Waals surface area contributed by atoms with Gasteiger partial charge in [-0.05, 0) is 44.7 Å². The molecule has 7 nitrogen and oxygen atoms in total. The van der Waals surface area contributed by atoms with Crippen molar-refractivity contribution >= 4 is 34.6 Å². The zero-order valence-corrected chi connectivity index (χ0v) is 16.8. The van der Waals surface area contributed by atoms with Gasteiger partial charge in [-0.25, -0.2) is 0 Å². The number of hydrogen-bond acceptors (Lipinski definition) is 5. The summed E-state index contributed by atoms with van der Waals surface area (Å²) in [6, 6.07) is 6.05. The molecule has 0 spiro atoms. The second-order valence-electron chi connectivity index (χ2n) is 7.46. The number of piperidine rings is 1. The number of amides is 1. The van der Waals surface area contributed by atoms with Crippen LogP contribution >= 0.6 is 11.6 Å². The van der Waals surface area contributed by atoms with Crippen molar-refractivity contribution < 1.29 is 9.21 Å². The molecule has 2 aromatic heterocycles. The number of H-pyrrole nitrogens is 1. The largest absolute Gasteiger partial charge is 0.423 e. The third kappa shape index (κ3) is 3.99. The predicted molar refractivity (Wildman–Crippen MR) is 108 cm³/mol. The Balaban J connectivity index is 1.36. The Bertz CT molecular complexity index is 976. The first-order valence-electron chi connectivity index (χ1n) is 9.58. The van der Waals surface area contributed by atoms with E-state index in [1.165, 1.54) is 0 Å². The van der Waals surface area contributed by atoms with Crippen LogP contribution < -0.4 is 10.2 Å². The van der Waals surface area contributed by atoms with Gasteiger partial charge < -0.3 is 14.6 Å². The highest BCUT2D eigenvalue weighted by Crippen LogP contribution is 2.28. The number of carbonyl (C=O) groups excluding carboxylic acids is 1. The van der Waals surface area contributed by atoms with Gasteiger partial charge in [0.15, 0.2) is 5.58 Å². The van der Waals surface area contributed by atoms with E-state index in [1.54, 1.807) is 6.07 Å². The number of rotatable bonds is 5. The van der Waals surface area contributed by atoms with E-state index in [0.29, 0.717) is 29.6 Å². The normalized spacial score (nSPS) is 17.2. The molecule has 1 saturated heterocycles. The summed E-state index contributed by atoms with van der Waals surface area (Å²) in [4.78, 5) is 19.1. The molecule has 4 rings (SSSR count). The summed E-state index contributed by atoms with van der Waals surface area (Å²) >= 11 is 6.03. The number of aromatic nitrogens is 3. The fourth-order valence-electron chi connectivity index (χ4n) is 3.78.